The first-order chi connectivity index (χ1) is 10.4. The van der Waals surface area contributed by atoms with E-state index in [2.05, 4.69) is 59.6 Å². The molecule has 1 amide bonds. The number of carbonyl (C=O) groups excluding carboxylic acids is 1. The minimum atomic E-state index is -1.88. The Morgan fingerprint density at radius 2 is 1.58 bits per heavy atom. The highest BCUT2D eigenvalue weighted by molar-refractivity contribution is 6.83. The molecule has 1 rings (SSSR count). The lowest BCUT2D eigenvalue weighted by Crippen LogP contribution is -2.46. The molecule has 0 aliphatic carbocycles. The van der Waals surface area contributed by atoms with Gasteiger partial charge in [-0.05, 0) is 45.0 Å². The van der Waals surface area contributed by atoms with Crippen LogP contribution in [-0.2, 0) is 9.16 Å². The summed E-state index contributed by atoms with van der Waals surface area (Å²) >= 11 is 0. The highest BCUT2D eigenvalue weighted by Gasteiger charge is 2.43. The molecule has 0 spiro atoms. The first kappa shape index (κ1) is 21.4. The summed E-state index contributed by atoms with van der Waals surface area (Å²) in [6, 6.07) is 0. The molecule has 1 aliphatic rings. The number of nitrogens with zero attached hydrogens (tertiary/aromatic N) is 1. The predicted molar refractivity (Wildman–Crippen MR) is 106 cm³/mol. The van der Waals surface area contributed by atoms with Crippen LogP contribution >= 0.6 is 0 Å². The molecule has 1 atom stereocenters. The number of hydrogen-bond donors (Lipinski definition) is 0. The predicted octanol–water partition coefficient (Wildman–Crippen LogP) is 5.39. The van der Waals surface area contributed by atoms with Crippen LogP contribution in [-0.4, -0.2) is 45.6 Å². The van der Waals surface area contributed by atoms with Crippen molar-refractivity contribution in [3.63, 3.8) is 0 Å². The van der Waals surface area contributed by atoms with Gasteiger partial charge in [0.1, 0.15) is 5.60 Å². The van der Waals surface area contributed by atoms with Gasteiger partial charge in [0.15, 0.2) is 8.32 Å². The van der Waals surface area contributed by atoms with E-state index in [1.807, 2.05) is 25.7 Å². The SMILES string of the molecule is CC(C)(C)OC(=O)N1C[C@H](O[Si](C)(C)C(C)(C)C)C=C1[Si](C)(C)C. The van der Waals surface area contributed by atoms with E-state index in [1.165, 1.54) is 0 Å². The van der Waals surface area contributed by atoms with E-state index in [0.717, 1.165) is 5.32 Å². The van der Waals surface area contributed by atoms with Gasteiger partial charge >= 0.3 is 6.09 Å². The van der Waals surface area contributed by atoms with Gasteiger partial charge in [-0.2, -0.15) is 0 Å². The normalized spacial score (nSPS) is 20.2. The Bertz CT molecular complexity index is 508. The Hall–Kier alpha value is -0.596. The van der Waals surface area contributed by atoms with Crippen molar-refractivity contribution in [2.45, 2.75) is 91.0 Å². The first-order valence-corrected chi connectivity index (χ1v) is 15.3. The van der Waals surface area contributed by atoms with Crippen LogP contribution < -0.4 is 0 Å². The van der Waals surface area contributed by atoms with E-state index in [9.17, 15) is 4.79 Å². The highest BCUT2D eigenvalue weighted by Crippen LogP contribution is 2.39. The van der Waals surface area contributed by atoms with Crippen LogP contribution in [0.15, 0.2) is 11.4 Å². The smallest absolute Gasteiger partial charge is 0.414 e. The molecule has 0 bridgehead atoms. The van der Waals surface area contributed by atoms with Crippen LogP contribution in [0, 0.1) is 0 Å². The maximum atomic E-state index is 12.7. The molecule has 6 heteroatoms. The van der Waals surface area contributed by atoms with Crippen LogP contribution in [0.4, 0.5) is 4.79 Å². The maximum Gasteiger partial charge on any atom is 0.414 e. The van der Waals surface area contributed by atoms with E-state index >= 15 is 0 Å². The van der Waals surface area contributed by atoms with Crippen LogP contribution in [0.25, 0.3) is 0 Å². The number of carbonyl (C=O) groups is 1. The third kappa shape index (κ3) is 5.46. The molecule has 0 saturated carbocycles. The molecule has 0 N–H and O–H groups in total. The van der Waals surface area contributed by atoms with Crippen molar-refractivity contribution < 1.29 is 14.0 Å². The Kier molecular flexibility index (Phi) is 5.91. The zero-order valence-electron chi connectivity index (χ0n) is 17.5. The zero-order chi connectivity index (χ0) is 19.1. The largest absolute Gasteiger partial charge is 0.443 e. The number of hydrogen-bond acceptors (Lipinski definition) is 3. The van der Waals surface area contributed by atoms with E-state index in [0.29, 0.717) is 6.54 Å². The molecule has 0 aromatic rings. The van der Waals surface area contributed by atoms with Crippen molar-refractivity contribution >= 4 is 22.5 Å². The quantitative estimate of drug-likeness (QED) is 0.624. The lowest BCUT2D eigenvalue weighted by molar-refractivity contribution is 0.0306. The van der Waals surface area contributed by atoms with Gasteiger partial charge in [0.2, 0.25) is 0 Å². The fourth-order valence-electron chi connectivity index (χ4n) is 2.37. The minimum absolute atomic E-state index is 0.0277. The molecule has 0 saturated heterocycles. The summed E-state index contributed by atoms with van der Waals surface area (Å²) in [6.07, 6.45) is 1.90. The molecular formula is C18H37NO3Si2. The lowest BCUT2D eigenvalue weighted by atomic mass is 10.2. The number of amides is 1. The first-order valence-electron chi connectivity index (χ1n) is 8.85. The molecule has 140 valence electrons. The standard InChI is InChI=1S/C18H37NO3Si2/c1-17(2,3)21-16(20)19-13-14(12-15(19)23(7,8)9)22-24(10,11)18(4,5)6/h12,14H,13H2,1-11H3/t14-/m1/s1. The molecule has 0 unspecified atom stereocenters. The second-order valence-electron chi connectivity index (χ2n) is 10.3. The molecule has 1 aliphatic heterocycles. The van der Waals surface area contributed by atoms with Crippen LogP contribution in [0.2, 0.25) is 37.8 Å². The second-order valence-corrected chi connectivity index (χ2v) is 20.1. The molecule has 0 radical (unpaired) electrons. The third-order valence-corrected chi connectivity index (χ3v) is 11.1. The summed E-state index contributed by atoms with van der Waals surface area (Å²) < 4.78 is 12.2. The van der Waals surface area contributed by atoms with E-state index in [1.54, 1.807) is 0 Å². The lowest BCUT2D eigenvalue weighted by Gasteiger charge is -2.38. The number of ether oxygens (including phenoxy) is 1. The van der Waals surface area contributed by atoms with Crippen molar-refractivity contribution in [1.29, 1.82) is 0 Å². The highest BCUT2D eigenvalue weighted by atomic mass is 28.4. The van der Waals surface area contributed by atoms with Crippen molar-refractivity contribution in [2.24, 2.45) is 0 Å². The fourth-order valence-corrected chi connectivity index (χ4v) is 5.30. The summed E-state index contributed by atoms with van der Waals surface area (Å²) in [5.74, 6) is 0. The van der Waals surface area contributed by atoms with Crippen LogP contribution in [0.1, 0.15) is 41.5 Å². The average molecular weight is 372 g/mol. The Morgan fingerprint density at radius 1 is 1.08 bits per heavy atom. The van der Waals surface area contributed by atoms with E-state index < -0.39 is 22.0 Å². The van der Waals surface area contributed by atoms with Gasteiger partial charge in [0, 0.05) is 5.32 Å². The summed E-state index contributed by atoms with van der Waals surface area (Å²) in [6.45, 7) is 24.3. The van der Waals surface area contributed by atoms with E-state index in [4.69, 9.17) is 9.16 Å². The van der Waals surface area contributed by atoms with E-state index in [-0.39, 0.29) is 17.2 Å². The van der Waals surface area contributed by atoms with Crippen molar-refractivity contribution in [3.05, 3.63) is 11.4 Å². The number of rotatable bonds is 3. The minimum Gasteiger partial charge on any atom is -0.443 e. The molecular weight excluding hydrogens is 334 g/mol. The zero-order valence-corrected chi connectivity index (χ0v) is 19.5. The topological polar surface area (TPSA) is 38.8 Å². The summed E-state index contributed by atoms with van der Waals surface area (Å²) in [4.78, 5) is 14.5. The molecule has 0 aromatic carbocycles. The average Bonchev–Trinajstić information content (AvgIpc) is 2.67. The van der Waals surface area contributed by atoms with Crippen molar-refractivity contribution in [3.8, 4) is 0 Å². The fraction of sp³-hybridized carbons (Fsp3) is 0.833. The van der Waals surface area contributed by atoms with Crippen molar-refractivity contribution in [1.82, 2.24) is 4.90 Å². The molecule has 1 heterocycles. The Labute approximate surface area is 150 Å². The van der Waals surface area contributed by atoms with Crippen LogP contribution in [0.5, 0.6) is 0 Å². The van der Waals surface area contributed by atoms with Gasteiger partial charge in [-0.15, -0.1) is 0 Å². The van der Waals surface area contributed by atoms with Gasteiger partial charge in [-0.3, -0.25) is 4.90 Å². The summed E-state index contributed by atoms with van der Waals surface area (Å²) in [7, 11) is -3.54. The maximum absolute atomic E-state index is 12.7. The Morgan fingerprint density at radius 3 is 1.96 bits per heavy atom. The van der Waals surface area contributed by atoms with Gasteiger partial charge in [0.25, 0.3) is 0 Å². The van der Waals surface area contributed by atoms with Gasteiger partial charge < -0.3 is 9.16 Å². The monoisotopic (exact) mass is 371 g/mol. The molecule has 24 heavy (non-hydrogen) atoms. The van der Waals surface area contributed by atoms with Crippen molar-refractivity contribution in [2.75, 3.05) is 6.54 Å². The molecule has 0 aromatic heterocycles. The molecule has 0 fully saturated rings. The Balaban J connectivity index is 3.03. The second kappa shape index (κ2) is 6.61. The van der Waals surface area contributed by atoms with Gasteiger partial charge in [-0.1, -0.05) is 40.4 Å². The van der Waals surface area contributed by atoms with Gasteiger partial charge in [-0.25, -0.2) is 4.79 Å². The third-order valence-electron chi connectivity index (χ3n) is 4.63. The summed E-state index contributed by atoms with van der Waals surface area (Å²) in [5.41, 5.74) is -0.486. The van der Waals surface area contributed by atoms with Crippen LogP contribution in [0.3, 0.4) is 0 Å². The molecule has 4 nitrogen and oxygen atoms in total. The summed E-state index contributed by atoms with van der Waals surface area (Å²) in [5, 5.41) is 1.28. The van der Waals surface area contributed by atoms with Gasteiger partial charge in [0.05, 0.1) is 20.7 Å².